The molecule has 0 aliphatic rings. The van der Waals surface area contributed by atoms with E-state index < -0.39 is 0 Å². The van der Waals surface area contributed by atoms with Gasteiger partial charge in [0.15, 0.2) is 0 Å². The van der Waals surface area contributed by atoms with Gasteiger partial charge in [0.05, 0.1) is 0 Å². The van der Waals surface area contributed by atoms with Gasteiger partial charge < -0.3 is 15.5 Å². The van der Waals surface area contributed by atoms with E-state index in [9.17, 15) is 4.79 Å². The molecule has 134 valence electrons. The molecule has 0 bridgehead atoms. The summed E-state index contributed by atoms with van der Waals surface area (Å²) in [4.78, 5) is 23.3. The quantitative estimate of drug-likeness (QED) is 0.758. The van der Waals surface area contributed by atoms with Crippen molar-refractivity contribution in [2.75, 3.05) is 37.8 Å². The zero-order valence-corrected chi connectivity index (χ0v) is 15.7. The fraction of sp³-hybridized carbons (Fsp3) is 0.421. The predicted molar refractivity (Wildman–Crippen MR) is 102 cm³/mol. The number of anilines is 2. The van der Waals surface area contributed by atoms with E-state index in [1.807, 2.05) is 47.0 Å². The SMILES string of the molecule is Cc1cc(C)cc(NC(=O)c2cc(C)nc(NCCCN(C)C)n2)c1. The lowest BCUT2D eigenvalue weighted by atomic mass is 10.1. The molecule has 2 aromatic rings. The third kappa shape index (κ3) is 6.15. The van der Waals surface area contributed by atoms with Gasteiger partial charge in [-0.25, -0.2) is 9.97 Å². The molecule has 2 N–H and O–H groups in total. The lowest BCUT2D eigenvalue weighted by Gasteiger charge is -2.11. The first-order valence-corrected chi connectivity index (χ1v) is 8.47. The fourth-order valence-electron chi connectivity index (χ4n) is 2.60. The summed E-state index contributed by atoms with van der Waals surface area (Å²) in [5, 5.41) is 6.10. The Kier molecular flexibility index (Phi) is 6.47. The number of benzene rings is 1. The van der Waals surface area contributed by atoms with Crippen LogP contribution in [0.25, 0.3) is 0 Å². The van der Waals surface area contributed by atoms with E-state index in [1.165, 1.54) is 0 Å². The Morgan fingerprint density at radius 1 is 1.04 bits per heavy atom. The second-order valence-corrected chi connectivity index (χ2v) is 6.63. The van der Waals surface area contributed by atoms with Crippen molar-refractivity contribution in [2.45, 2.75) is 27.2 Å². The number of carbonyl (C=O) groups is 1. The van der Waals surface area contributed by atoms with E-state index in [1.54, 1.807) is 6.07 Å². The summed E-state index contributed by atoms with van der Waals surface area (Å²) in [5.41, 5.74) is 4.12. The average Bonchev–Trinajstić information content (AvgIpc) is 2.50. The molecule has 0 spiro atoms. The Bertz CT molecular complexity index is 722. The maximum absolute atomic E-state index is 12.5. The first kappa shape index (κ1) is 18.9. The monoisotopic (exact) mass is 341 g/mol. The molecule has 0 aliphatic carbocycles. The molecule has 0 saturated heterocycles. The molecule has 1 aromatic heterocycles. The normalized spacial score (nSPS) is 10.8. The molecule has 0 unspecified atom stereocenters. The van der Waals surface area contributed by atoms with E-state index in [4.69, 9.17) is 0 Å². The Balaban J connectivity index is 2.06. The molecule has 1 heterocycles. The van der Waals surface area contributed by atoms with Gasteiger partial charge in [-0.2, -0.15) is 0 Å². The van der Waals surface area contributed by atoms with Crippen LogP contribution in [0.2, 0.25) is 0 Å². The molecular weight excluding hydrogens is 314 g/mol. The Labute approximate surface area is 149 Å². The van der Waals surface area contributed by atoms with Crippen molar-refractivity contribution in [1.29, 1.82) is 0 Å². The van der Waals surface area contributed by atoms with Gasteiger partial charge in [-0.15, -0.1) is 0 Å². The number of nitrogens with one attached hydrogen (secondary N) is 2. The summed E-state index contributed by atoms with van der Waals surface area (Å²) in [6.45, 7) is 7.62. The van der Waals surface area contributed by atoms with Gasteiger partial charge in [0.25, 0.3) is 5.91 Å². The second kappa shape index (κ2) is 8.58. The lowest BCUT2D eigenvalue weighted by molar-refractivity contribution is 0.102. The summed E-state index contributed by atoms with van der Waals surface area (Å²) >= 11 is 0. The Morgan fingerprint density at radius 2 is 1.72 bits per heavy atom. The van der Waals surface area contributed by atoms with E-state index in [0.29, 0.717) is 11.6 Å². The van der Waals surface area contributed by atoms with Crippen LogP contribution in [0.15, 0.2) is 24.3 Å². The smallest absolute Gasteiger partial charge is 0.274 e. The van der Waals surface area contributed by atoms with Crippen molar-refractivity contribution >= 4 is 17.5 Å². The summed E-state index contributed by atoms with van der Waals surface area (Å²) < 4.78 is 0. The van der Waals surface area contributed by atoms with Gasteiger partial charge >= 0.3 is 0 Å². The maximum Gasteiger partial charge on any atom is 0.274 e. The Morgan fingerprint density at radius 3 is 2.36 bits per heavy atom. The molecule has 0 saturated carbocycles. The number of rotatable bonds is 7. The largest absolute Gasteiger partial charge is 0.354 e. The Hall–Kier alpha value is -2.47. The van der Waals surface area contributed by atoms with Crippen LogP contribution in [0.3, 0.4) is 0 Å². The van der Waals surface area contributed by atoms with Crippen LogP contribution in [0.1, 0.15) is 33.7 Å². The van der Waals surface area contributed by atoms with Crippen LogP contribution in [0, 0.1) is 20.8 Å². The van der Waals surface area contributed by atoms with Gasteiger partial charge in [-0.05, 0) is 77.2 Å². The maximum atomic E-state index is 12.5. The molecule has 1 aromatic carbocycles. The van der Waals surface area contributed by atoms with E-state index in [-0.39, 0.29) is 5.91 Å². The fourth-order valence-corrected chi connectivity index (χ4v) is 2.60. The van der Waals surface area contributed by atoms with Crippen molar-refractivity contribution in [2.24, 2.45) is 0 Å². The van der Waals surface area contributed by atoms with Gasteiger partial charge in [0.1, 0.15) is 5.69 Å². The highest BCUT2D eigenvalue weighted by Crippen LogP contribution is 2.15. The van der Waals surface area contributed by atoms with Crippen molar-refractivity contribution in [3.63, 3.8) is 0 Å². The highest BCUT2D eigenvalue weighted by molar-refractivity contribution is 6.03. The summed E-state index contributed by atoms with van der Waals surface area (Å²) in [6.07, 6.45) is 0.981. The minimum atomic E-state index is -0.230. The molecule has 0 radical (unpaired) electrons. The van der Waals surface area contributed by atoms with E-state index >= 15 is 0 Å². The molecule has 0 atom stereocenters. The van der Waals surface area contributed by atoms with Crippen LogP contribution in [0.5, 0.6) is 0 Å². The van der Waals surface area contributed by atoms with Crippen LogP contribution in [-0.4, -0.2) is 48.0 Å². The number of hydrogen-bond donors (Lipinski definition) is 2. The molecule has 25 heavy (non-hydrogen) atoms. The number of carbonyl (C=O) groups excluding carboxylic acids is 1. The van der Waals surface area contributed by atoms with Gasteiger partial charge in [0.2, 0.25) is 5.95 Å². The van der Waals surface area contributed by atoms with E-state index in [2.05, 4.69) is 31.6 Å². The van der Waals surface area contributed by atoms with Gasteiger partial charge in [-0.3, -0.25) is 4.79 Å². The van der Waals surface area contributed by atoms with Crippen LogP contribution >= 0.6 is 0 Å². The van der Waals surface area contributed by atoms with Gasteiger partial charge in [0, 0.05) is 17.9 Å². The number of aryl methyl sites for hydroxylation is 3. The number of nitrogens with zero attached hydrogens (tertiary/aromatic N) is 3. The first-order chi connectivity index (χ1) is 11.8. The van der Waals surface area contributed by atoms with Crippen LogP contribution < -0.4 is 10.6 Å². The van der Waals surface area contributed by atoms with Crippen molar-refractivity contribution in [3.05, 3.63) is 46.8 Å². The summed E-state index contributed by atoms with van der Waals surface area (Å²) in [7, 11) is 4.08. The molecule has 0 fully saturated rings. The molecule has 6 heteroatoms. The molecule has 1 amide bonds. The summed E-state index contributed by atoms with van der Waals surface area (Å²) in [6, 6.07) is 7.65. The first-order valence-electron chi connectivity index (χ1n) is 8.47. The van der Waals surface area contributed by atoms with Gasteiger partial charge in [-0.1, -0.05) is 6.07 Å². The molecule has 6 nitrogen and oxygen atoms in total. The number of hydrogen-bond acceptors (Lipinski definition) is 5. The van der Waals surface area contributed by atoms with Crippen molar-refractivity contribution in [1.82, 2.24) is 14.9 Å². The minimum absolute atomic E-state index is 0.230. The third-order valence-electron chi connectivity index (χ3n) is 3.63. The topological polar surface area (TPSA) is 70.2 Å². The molecular formula is C19H27N5O. The standard InChI is InChI=1S/C19H27N5O/c1-13-9-14(2)11-16(10-13)22-18(25)17-12-15(3)21-19(23-17)20-7-6-8-24(4)5/h9-12H,6-8H2,1-5H3,(H,22,25)(H,20,21,23). The van der Waals surface area contributed by atoms with E-state index in [0.717, 1.165) is 42.0 Å². The zero-order valence-electron chi connectivity index (χ0n) is 15.7. The highest BCUT2D eigenvalue weighted by atomic mass is 16.1. The zero-order chi connectivity index (χ0) is 18.4. The van der Waals surface area contributed by atoms with Crippen molar-refractivity contribution in [3.8, 4) is 0 Å². The third-order valence-corrected chi connectivity index (χ3v) is 3.63. The lowest BCUT2D eigenvalue weighted by Crippen LogP contribution is -2.19. The second-order valence-electron chi connectivity index (χ2n) is 6.63. The van der Waals surface area contributed by atoms with Crippen LogP contribution in [0.4, 0.5) is 11.6 Å². The average molecular weight is 341 g/mol. The summed E-state index contributed by atoms with van der Waals surface area (Å²) in [5.74, 6) is 0.260. The predicted octanol–water partition coefficient (Wildman–Crippen LogP) is 3.02. The minimum Gasteiger partial charge on any atom is -0.354 e. The highest BCUT2D eigenvalue weighted by Gasteiger charge is 2.11. The number of amides is 1. The molecule has 2 rings (SSSR count). The number of aromatic nitrogens is 2. The molecule has 0 aliphatic heterocycles. The van der Waals surface area contributed by atoms with Crippen molar-refractivity contribution < 1.29 is 4.79 Å². The van der Waals surface area contributed by atoms with Crippen LogP contribution in [-0.2, 0) is 0 Å².